The molecule has 0 radical (unpaired) electrons. The number of nitrogens with zero attached hydrogens (tertiary/aromatic N) is 1. The Morgan fingerprint density at radius 1 is 1.21 bits per heavy atom. The van der Waals surface area contributed by atoms with E-state index in [2.05, 4.69) is 26.6 Å². The van der Waals surface area contributed by atoms with E-state index in [-0.39, 0.29) is 35.4 Å². The Labute approximate surface area is 190 Å². The molecule has 1 rings (SSSR count). The molecule has 0 aliphatic carbocycles. The van der Waals surface area contributed by atoms with E-state index in [1.54, 1.807) is 18.2 Å². The molecule has 0 unspecified atom stereocenters. The zero-order valence-corrected chi connectivity index (χ0v) is 20.8. The number of rotatable bonds is 13. The average Bonchev–Trinajstić information content (AvgIpc) is 2.66. The fourth-order valence-electron chi connectivity index (χ4n) is 2.26. The van der Waals surface area contributed by atoms with Crippen LogP contribution in [-0.4, -0.2) is 59.7 Å². The summed E-state index contributed by atoms with van der Waals surface area (Å²) in [4.78, 5) is 4.79. The maximum Gasteiger partial charge on any atom is 0.240 e. The van der Waals surface area contributed by atoms with Gasteiger partial charge in [-0.1, -0.05) is 12.1 Å². The summed E-state index contributed by atoms with van der Waals surface area (Å²) in [5, 5.41) is 6.53. The number of unbranched alkanes of at least 4 members (excludes halogenated alkanes) is 1. The van der Waals surface area contributed by atoms with Crippen molar-refractivity contribution in [1.29, 1.82) is 0 Å². The first-order chi connectivity index (χ1) is 13.0. The number of hydrogen-bond donors (Lipinski definition) is 3. The minimum Gasteiger partial charge on any atom is -0.383 e. The molecule has 0 atom stereocenters. The van der Waals surface area contributed by atoms with Gasteiger partial charge in [0, 0.05) is 26.7 Å². The molecule has 1 aromatic carbocycles. The number of aliphatic imine (C=N–C) groups is 1. The molecule has 28 heavy (non-hydrogen) atoms. The van der Waals surface area contributed by atoms with Crippen molar-refractivity contribution in [2.75, 3.05) is 45.4 Å². The van der Waals surface area contributed by atoms with Gasteiger partial charge in [-0.05, 0) is 49.5 Å². The number of methoxy groups -OCH3 is 1. The summed E-state index contributed by atoms with van der Waals surface area (Å²) in [5.41, 5.74) is 0.837. The van der Waals surface area contributed by atoms with E-state index in [0.717, 1.165) is 36.8 Å². The van der Waals surface area contributed by atoms with Crippen molar-refractivity contribution in [3.05, 3.63) is 29.8 Å². The molecule has 0 saturated heterocycles. The van der Waals surface area contributed by atoms with E-state index in [0.29, 0.717) is 13.2 Å². The minimum absolute atomic E-state index is 0. The van der Waals surface area contributed by atoms with Gasteiger partial charge in [0.2, 0.25) is 10.0 Å². The average molecular weight is 545 g/mol. The highest BCUT2D eigenvalue weighted by Crippen LogP contribution is 2.12. The number of ether oxygens (including phenoxy) is 1. The molecule has 0 heterocycles. The first-order valence-electron chi connectivity index (χ1n) is 9.12. The van der Waals surface area contributed by atoms with Crippen molar-refractivity contribution in [3.8, 4) is 0 Å². The molecular weight excluding hydrogens is 511 g/mol. The molecule has 0 spiro atoms. The van der Waals surface area contributed by atoms with Crippen LogP contribution in [0.15, 0.2) is 34.2 Å². The van der Waals surface area contributed by atoms with Crippen molar-refractivity contribution in [1.82, 2.24) is 15.4 Å². The molecule has 0 aliphatic rings. The quantitative estimate of drug-likeness (QED) is 0.153. The van der Waals surface area contributed by atoms with Crippen molar-refractivity contribution >= 4 is 51.7 Å². The number of benzene rings is 1. The van der Waals surface area contributed by atoms with Crippen molar-refractivity contribution in [3.63, 3.8) is 0 Å². The van der Waals surface area contributed by atoms with Gasteiger partial charge in [0.15, 0.2) is 5.96 Å². The fraction of sp³-hybridized carbons (Fsp3) is 0.611. The minimum atomic E-state index is -3.54. The summed E-state index contributed by atoms with van der Waals surface area (Å²) in [6.07, 6.45) is 4.37. The number of thioether (sulfide) groups is 1. The third-order valence-corrected chi connectivity index (χ3v) is 5.79. The molecular formula is C18H33IN4O3S2. The molecule has 162 valence electrons. The molecule has 0 fully saturated rings. The molecule has 3 N–H and O–H groups in total. The fourth-order valence-corrected chi connectivity index (χ4v) is 3.84. The first-order valence-corrected chi connectivity index (χ1v) is 12.0. The lowest BCUT2D eigenvalue weighted by Gasteiger charge is -2.11. The normalized spacial score (nSPS) is 11.8. The zero-order valence-electron chi connectivity index (χ0n) is 16.9. The maximum atomic E-state index is 12.3. The van der Waals surface area contributed by atoms with Crippen LogP contribution in [0.2, 0.25) is 0 Å². The molecule has 0 aromatic heterocycles. The van der Waals surface area contributed by atoms with Gasteiger partial charge in [-0.15, -0.1) is 24.0 Å². The summed E-state index contributed by atoms with van der Waals surface area (Å²) in [6, 6.07) is 6.84. The highest BCUT2D eigenvalue weighted by molar-refractivity contribution is 14.0. The SMILES string of the molecule is CCNC(=NCc1cccc(S(=O)(=O)NCCOC)c1)NCCCCSC.I. The molecule has 0 amide bonds. The highest BCUT2D eigenvalue weighted by atomic mass is 127. The van der Waals surface area contributed by atoms with Gasteiger partial charge in [-0.3, -0.25) is 0 Å². The highest BCUT2D eigenvalue weighted by Gasteiger charge is 2.13. The van der Waals surface area contributed by atoms with Crippen molar-refractivity contribution < 1.29 is 13.2 Å². The summed E-state index contributed by atoms with van der Waals surface area (Å²) >= 11 is 1.85. The summed E-state index contributed by atoms with van der Waals surface area (Å²) in [7, 11) is -2.01. The molecule has 7 nitrogen and oxygen atoms in total. The van der Waals surface area contributed by atoms with Gasteiger partial charge in [-0.2, -0.15) is 11.8 Å². The maximum absolute atomic E-state index is 12.3. The van der Waals surface area contributed by atoms with Gasteiger partial charge in [0.25, 0.3) is 0 Å². The van der Waals surface area contributed by atoms with Gasteiger partial charge < -0.3 is 15.4 Å². The van der Waals surface area contributed by atoms with E-state index < -0.39 is 10.0 Å². The van der Waals surface area contributed by atoms with Gasteiger partial charge in [0.1, 0.15) is 0 Å². The largest absolute Gasteiger partial charge is 0.383 e. The third kappa shape index (κ3) is 11.4. The Hall–Kier alpha value is -0.560. The second-order valence-electron chi connectivity index (χ2n) is 5.86. The second kappa shape index (κ2) is 16.3. The number of guanidine groups is 1. The summed E-state index contributed by atoms with van der Waals surface area (Å²) in [6.45, 7) is 4.63. The lowest BCUT2D eigenvalue weighted by molar-refractivity contribution is 0.204. The van der Waals surface area contributed by atoms with Crippen LogP contribution in [0.25, 0.3) is 0 Å². The van der Waals surface area contributed by atoms with E-state index in [4.69, 9.17) is 4.74 Å². The van der Waals surface area contributed by atoms with E-state index >= 15 is 0 Å². The van der Waals surface area contributed by atoms with Crippen LogP contribution in [0.4, 0.5) is 0 Å². The number of halogens is 1. The zero-order chi connectivity index (χ0) is 20.0. The number of sulfonamides is 1. The van der Waals surface area contributed by atoms with Crippen LogP contribution < -0.4 is 15.4 Å². The smallest absolute Gasteiger partial charge is 0.240 e. The monoisotopic (exact) mass is 544 g/mol. The lowest BCUT2D eigenvalue weighted by Crippen LogP contribution is -2.37. The number of hydrogen-bond acceptors (Lipinski definition) is 5. The van der Waals surface area contributed by atoms with E-state index in [1.165, 1.54) is 13.5 Å². The summed E-state index contributed by atoms with van der Waals surface area (Å²) < 4.78 is 32.0. The Morgan fingerprint density at radius 3 is 2.68 bits per heavy atom. The molecule has 0 bridgehead atoms. The number of nitrogens with one attached hydrogen (secondary N) is 3. The lowest BCUT2D eigenvalue weighted by atomic mass is 10.2. The Balaban J connectivity index is 0.00000729. The summed E-state index contributed by atoms with van der Waals surface area (Å²) in [5.74, 6) is 1.91. The van der Waals surface area contributed by atoms with E-state index in [9.17, 15) is 8.42 Å². The van der Waals surface area contributed by atoms with Crippen molar-refractivity contribution in [2.45, 2.75) is 31.2 Å². The Bertz CT molecular complexity index is 673. The molecule has 10 heteroatoms. The molecule has 0 aliphatic heterocycles. The van der Waals surface area contributed by atoms with Crippen LogP contribution in [-0.2, 0) is 21.3 Å². The first kappa shape index (κ1) is 27.4. The van der Waals surface area contributed by atoms with Crippen LogP contribution in [0.3, 0.4) is 0 Å². The van der Waals surface area contributed by atoms with Gasteiger partial charge in [-0.25, -0.2) is 18.1 Å². The van der Waals surface area contributed by atoms with Gasteiger partial charge >= 0.3 is 0 Å². The second-order valence-corrected chi connectivity index (χ2v) is 8.61. The standard InChI is InChI=1S/C18H32N4O3S2.HI/c1-4-19-18(20-10-5-6-13-26-3)21-15-16-8-7-9-17(14-16)27(23,24)22-11-12-25-2;/h7-9,14,22H,4-6,10-13,15H2,1-3H3,(H2,19,20,21);1H. The predicted octanol–water partition coefficient (Wildman–Crippen LogP) is 2.43. The Kier molecular flexibility index (Phi) is 15.9. The van der Waals surface area contributed by atoms with Gasteiger partial charge in [0.05, 0.1) is 18.0 Å². The topological polar surface area (TPSA) is 91.8 Å². The third-order valence-electron chi connectivity index (χ3n) is 3.64. The van der Waals surface area contributed by atoms with Crippen LogP contribution in [0.1, 0.15) is 25.3 Å². The molecule has 0 saturated carbocycles. The molecule has 1 aromatic rings. The van der Waals surface area contributed by atoms with E-state index in [1.807, 2.05) is 24.8 Å². The van der Waals surface area contributed by atoms with Crippen molar-refractivity contribution in [2.24, 2.45) is 4.99 Å². The Morgan fingerprint density at radius 2 is 2.00 bits per heavy atom. The predicted molar refractivity (Wildman–Crippen MR) is 129 cm³/mol. The van der Waals surface area contributed by atoms with Crippen LogP contribution >= 0.6 is 35.7 Å². The van der Waals surface area contributed by atoms with Crippen LogP contribution in [0.5, 0.6) is 0 Å². The van der Waals surface area contributed by atoms with Crippen LogP contribution in [0, 0.1) is 0 Å².